The van der Waals surface area contributed by atoms with Gasteiger partial charge in [0, 0.05) is 5.56 Å². The van der Waals surface area contributed by atoms with Gasteiger partial charge >= 0.3 is 0 Å². The van der Waals surface area contributed by atoms with Gasteiger partial charge in [-0.2, -0.15) is 0 Å². The van der Waals surface area contributed by atoms with Crippen LogP contribution in [0.1, 0.15) is 22.6 Å². The Morgan fingerprint density at radius 2 is 1.76 bits per heavy atom. The third kappa shape index (κ3) is 2.21. The first-order chi connectivity index (χ1) is 8.24. The maximum atomic E-state index is 11.3. The molecule has 2 nitrogen and oxygen atoms in total. The molecule has 0 aliphatic heterocycles. The van der Waals surface area contributed by atoms with Gasteiger partial charge in [0.2, 0.25) is 0 Å². The Kier molecular flexibility index (Phi) is 3.24. The van der Waals surface area contributed by atoms with Crippen LogP contribution < -0.4 is 0 Å². The Labute approximate surface area is 101 Å². The highest BCUT2D eigenvalue weighted by Gasteiger charge is 2.18. The first-order valence-electron chi connectivity index (χ1n) is 5.52. The number of benzene rings is 2. The lowest BCUT2D eigenvalue weighted by atomic mass is 9.89. The summed E-state index contributed by atoms with van der Waals surface area (Å²) in [5, 5.41) is 9.90. The van der Waals surface area contributed by atoms with Crippen LogP contribution in [0.5, 0.6) is 5.75 Å². The van der Waals surface area contributed by atoms with E-state index in [4.69, 9.17) is 0 Å². The molecule has 0 saturated heterocycles. The second kappa shape index (κ2) is 4.83. The topological polar surface area (TPSA) is 37.3 Å². The summed E-state index contributed by atoms with van der Waals surface area (Å²) in [6.07, 6.45) is 0.872. The summed E-state index contributed by atoms with van der Waals surface area (Å²) in [6.45, 7) is 1.90. The Hall–Kier alpha value is -2.09. The third-order valence-electron chi connectivity index (χ3n) is 2.91. The van der Waals surface area contributed by atoms with E-state index in [2.05, 4.69) is 0 Å². The molecule has 0 saturated carbocycles. The molecule has 1 atom stereocenters. The molecule has 0 heterocycles. The number of carbonyl (C=O) groups excluding carboxylic acids is 1. The van der Waals surface area contributed by atoms with Gasteiger partial charge in [-0.15, -0.1) is 0 Å². The summed E-state index contributed by atoms with van der Waals surface area (Å²) in [5.41, 5.74) is 2.51. The zero-order valence-electron chi connectivity index (χ0n) is 9.63. The van der Waals surface area contributed by atoms with Crippen LogP contribution in [0.4, 0.5) is 0 Å². The average molecular weight is 226 g/mol. The first-order valence-corrected chi connectivity index (χ1v) is 5.52. The molecule has 17 heavy (non-hydrogen) atoms. The van der Waals surface area contributed by atoms with Crippen molar-refractivity contribution in [2.45, 2.75) is 12.8 Å². The Bertz CT molecular complexity index is 497. The summed E-state index contributed by atoms with van der Waals surface area (Å²) < 4.78 is 0. The Morgan fingerprint density at radius 1 is 1.06 bits per heavy atom. The maximum absolute atomic E-state index is 11.3. The highest BCUT2D eigenvalue weighted by molar-refractivity contribution is 5.71. The van der Waals surface area contributed by atoms with Crippen molar-refractivity contribution in [2.24, 2.45) is 0 Å². The Balaban J connectivity index is 2.54. The van der Waals surface area contributed by atoms with Crippen LogP contribution in [0.25, 0.3) is 0 Å². The standard InChI is InChI=1S/C15H14O2/c1-11-6-5-9-14(17)15(11)13(10-16)12-7-3-2-4-8-12/h2-10,13,17H,1H3. The third-order valence-corrected chi connectivity index (χ3v) is 2.91. The maximum Gasteiger partial charge on any atom is 0.132 e. The van der Waals surface area contributed by atoms with Gasteiger partial charge in [-0.25, -0.2) is 0 Å². The van der Waals surface area contributed by atoms with E-state index >= 15 is 0 Å². The number of hydrogen-bond donors (Lipinski definition) is 1. The molecule has 2 rings (SSSR count). The van der Waals surface area contributed by atoms with Crippen LogP contribution in [0, 0.1) is 6.92 Å². The predicted molar refractivity (Wildman–Crippen MR) is 67.2 cm³/mol. The molecule has 2 heteroatoms. The molecule has 0 aliphatic rings. The van der Waals surface area contributed by atoms with E-state index in [1.165, 1.54) is 0 Å². The summed E-state index contributed by atoms with van der Waals surface area (Å²) in [4.78, 5) is 11.3. The van der Waals surface area contributed by atoms with Crippen molar-refractivity contribution in [2.75, 3.05) is 0 Å². The molecule has 1 N–H and O–H groups in total. The predicted octanol–water partition coefficient (Wildman–Crippen LogP) is 3.03. The summed E-state index contributed by atoms with van der Waals surface area (Å²) in [6, 6.07) is 14.8. The van der Waals surface area contributed by atoms with E-state index < -0.39 is 5.92 Å². The molecule has 0 spiro atoms. The number of aryl methyl sites for hydroxylation is 1. The van der Waals surface area contributed by atoms with Crippen molar-refractivity contribution < 1.29 is 9.90 Å². The number of phenolic OH excluding ortho intramolecular Hbond substituents is 1. The first kappa shape index (κ1) is 11.4. The van der Waals surface area contributed by atoms with Gasteiger partial charge in [-0.05, 0) is 24.1 Å². The molecular weight excluding hydrogens is 212 g/mol. The van der Waals surface area contributed by atoms with Crippen LogP contribution in [0.15, 0.2) is 48.5 Å². The zero-order chi connectivity index (χ0) is 12.3. The van der Waals surface area contributed by atoms with E-state index in [0.717, 1.165) is 17.4 Å². The fraction of sp³-hybridized carbons (Fsp3) is 0.133. The minimum atomic E-state index is -0.405. The van der Waals surface area contributed by atoms with Crippen molar-refractivity contribution in [1.29, 1.82) is 0 Å². The fourth-order valence-corrected chi connectivity index (χ4v) is 2.04. The number of carbonyl (C=O) groups is 1. The molecule has 86 valence electrons. The van der Waals surface area contributed by atoms with Crippen molar-refractivity contribution in [3.8, 4) is 5.75 Å². The van der Waals surface area contributed by atoms with Gasteiger partial charge in [0.25, 0.3) is 0 Å². The number of phenols is 1. The lowest BCUT2D eigenvalue weighted by Gasteiger charge is -2.15. The van der Waals surface area contributed by atoms with Gasteiger partial charge < -0.3 is 9.90 Å². The van der Waals surface area contributed by atoms with E-state index in [9.17, 15) is 9.90 Å². The molecular formula is C15H14O2. The van der Waals surface area contributed by atoms with Gasteiger partial charge in [-0.3, -0.25) is 0 Å². The van der Waals surface area contributed by atoms with Gasteiger partial charge in [0.05, 0.1) is 5.92 Å². The minimum absolute atomic E-state index is 0.172. The molecule has 2 aromatic rings. The van der Waals surface area contributed by atoms with Crippen LogP contribution in [-0.4, -0.2) is 11.4 Å². The molecule has 0 fully saturated rings. The molecule has 0 bridgehead atoms. The van der Waals surface area contributed by atoms with Crippen LogP contribution >= 0.6 is 0 Å². The van der Waals surface area contributed by atoms with E-state index in [1.807, 2.05) is 43.3 Å². The normalized spacial score (nSPS) is 12.1. The molecule has 2 aromatic carbocycles. The number of aldehydes is 1. The number of aromatic hydroxyl groups is 1. The monoisotopic (exact) mass is 226 g/mol. The lowest BCUT2D eigenvalue weighted by molar-refractivity contribution is -0.108. The van der Waals surface area contributed by atoms with Crippen molar-refractivity contribution in [1.82, 2.24) is 0 Å². The molecule has 0 amide bonds. The van der Waals surface area contributed by atoms with E-state index in [-0.39, 0.29) is 5.75 Å². The highest BCUT2D eigenvalue weighted by atomic mass is 16.3. The smallest absolute Gasteiger partial charge is 0.132 e. The number of hydrogen-bond acceptors (Lipinski definition) is 2. The van der Waals surface area contributed by atoms with Crippen LogP contribution in [0.2, 0.25) is 0 Å². The SMILES string of the molecule is Cc1cccc(O)c1C(C=O)c1ccccc1. The largest absolute Gasteiger partial charge is 0.508 e. The molecule has 0 aromatic heterocycles. The summed E-state index contributed by atoms with van der Waals surface area (Å²) in [7, 11) is 0. The van der Waals surface area contributed by atoms with Crippen molar-refractivity contribution in [3.63, 3.8) is 0 Å². The van der Waals surface area contributed by atoms with Crippen LogP contribution in [0.3, 0.4) is 0 Å². The van der Waals surface area contributed by atoms with E-state index in [0.29, 0.717) is 5.56 Å². The summed E-state index contributed by atoms with van der Waals surface area (Å²) >= 11 is 0. The van der Waals surface area contributed by atoms with Crippen LogP contribution in [-0.2, 0) is 4.79 Å². The van der Waals surface area contributed by atoms with Gasteiger partial charge in [0.1, 0.15) is 12.0 Å². The molecule has 1 unspecified atom stereocenters. The zero-order valence-corrected chi connectivity index (χ0v) is 9.63. The van der Waals surface area contributed by atoms with Crippen molar-refractivity contribution in [3.05, 3.63) is 65.2 Å². The lowest BCUT2D eigenvalue weighted by Crippen LogP contribution is -2.04. The second-order valence-corrected chi connectivity index (χ2v) is 4.03. The van der Waals surface area contributed by atoms with Gasteiger partial charge in [-0.1, -0.05) is 42.5 Å². The minimum Gasteiger partial charge on any atom is -0.508 e. The second-order valence-electron chi connectivity index (χ2n) is 4.03. The number of rotatable bonds is 3. The van der Waals surface area contributed by atoms with E-state index in [1.54, 1.807) is 12.1 Å². The summed E-state index contributed by atoms with van der Waals surface area (Å²) in [5.74, 6) is -0.233. The Morgan fingerprint density at radius 3 is 2.35 bits per heavy atom. The molecule has 0 aliphatic carbocycles. The average Bonchev–Trinajstić information content (AvgIpc) is 2.35. The fourth-order valence-electron chi connectivity index (χ4n) is 2.04. The molecule has 0 radical (unpaired) electrons. The van der Waals surface area contributed by atoms with Crippen molar-refractivity contribution >= 4 is 6.29 Å². The quantitative estimate of drug-likeness (QED) is 0.817. The highest BCUT2D eigenvalue weighted by Crippen LogP contribution is 2.32. The van der Waals surface area contributed by atoms with Gasteiger partial charge in [0.15, 0.2) is 0 Å².